The van der Waals surface area contributed by atoms with Crippen LogP contribution in [0.4, 0.5) is 11.6 Å². The number of nitrogen functional groups attached to an aromatic ring is 2. The minimum atomic E-state index is 0.392. The number of pyridine rings is 1. The van der Waals surface area contributed by atoms with Gasteiger partial charge < -0.3 is 11.5 Å². The summed E-state index contributed by atoms with van der Waals surface area (Å²) in [5.41, 5.74) is 12.1. The lowest BCUT2D eigenvalue weighted by Gasteiger charge is -2.06. The van der Waals surface area contributed by atoms with Crippen molar-refractivity contribution >= 4 is 27.6 Å². The van der Waals surface area contributed by atoms with E-state index in [1.165, 1.54) is 4.68 Å². The molecule has 72 valence electrons. The van der Waals surface area contributed by atoms with Crippen molar-refractivity contribution in [1.82, 2.24) is 14.8 Å². The molecular formula is C8H8BrN5. The Morgan fingerprint density at radius 1 is 1.36 bits per heavy atom. The Labute approximate surface area is 88.9 Å². The molecule has 2 rings (SSSR count). The molecule has 0 aromatic carbocycles. The van der Waals surface area contributed by atoms with Gasteiger partial charge in [0.25, 0.3) is 0 Å². The van der Waals surface area contributed by atoms with Crippen LogP contribution in [0.3, 0.4) is 0 Å². The molecule has 5 nitrogen and oxygen atoms in total. The third-order valence-corrected chi connectivity index (χ3v) is 2.20. The number of nitrogens with two attached hydrogens (primary N) is 2. The van der Waals surface area contributed by atoms with Gasteiger partial charge in [0.2, 0.25) is 0 Å². The van der Waals surface area contributed by atoms with Crippen molar-refractivity contribution in [1.29, 1.82) is 0 Å². The van der Waals surface area contributed by atoms with Crippen LogP contribution >= 0.6 is 15.9 Å². The molecule has 6 heteroatoms. The average Bonchev–Trinajstić information content (AvgIpc) is 2.56. The molecule has 0 aliphatic heterocycles. The molecule has 2 aromatic rings. The number of aromatic nitrogens is 3. The fourth-order valence-corrected chi connectivity index (χ4v) is 1.44. The molecule has 0 saturated carbocycles. The standard InChI is InChI=1S/C8H8BrN5/c9-5-3-6(8(11)12-4-5)14-7(10)1-2-13-14/h1-4H,10H2,(H2,11,12). The summed E-state index contributed by atoms with van der Waals surface area (Å²) < 4.78 is 2.37. The van der Waals surface area contributed by atoms with E-state index in [0.717, 1.165) is 4.47 Å². The van der Waals surface area contributed by atoms with Gasteiger partial charge in [-0.15, -0.1) is 0 Å². The van der Waals surface area contributed by atoms with Gasteiger partial charge in [0.1, 0.15) is 17.3 Å². The van der Waals surface area contributed by atoms with Crippen molar-refractivity contribution in [2.75, 3.05) is 11.5 Å². The third-order valence-electron chi connectivity index (χ3n) is 1.76. The van der Waals surface area contributed by atoms with Crippen LogP contribution in [0.1, 0.15) is 0 Å². The minimum Gasteiger partial charge on any atom is -0.384 e. The average molecular weight is 254 g/mol. The maximum Gasteiger partial charge on any atom is 0.149 e. The van der Waals surface area contributed by atoms with Crippen molar-refractivity contribution < 1.29 is 0 Å². The number of halogens is 1. The monoisotopic (exact) mass is 253 g/mol. The van der Waals surface area contributed by atoms with Crippen LogP contribution in [-0.2, 0) is 0 Å². The van der Waals surface area contributed by atoms with E-state index < -0.39 is 0 Å². The van der Waals surface area contributed by atoms with Crippen molar-refractivity contribution in [2.45, 2.75) is 0 Å². The van der Waals surface area contributed by atoms with Crippen molar-refractivity contribution in [3.05, 3.63) is 29.0 Å². The van der Waals surface area contributed by atoms with Gasteiger partial charge >= 0.3 is 0 Å². The van der Waals surface area contributed by atoms with E-state index in [1.807, 2.05) is 6.07 Å². The van der Waals surface area contributed by atoms with Crippen molar-refractivity contribution in [3.63, 3.8) is 0 Å². The van der Waals surface area contributed by atoms with Gasteiger partial charge in [-0.25, -0.2) is 9.67 Å². The second kappa shape index (κ2) is 3.30. The van der Waals surface area contributed by atoms with Crippen molar-refractivity contribution in [2.24, 2.45) is 0 Å². The molecule has 0 aliphatic carbocycles. The molecule has 2 heterocycles. The summed E-state index contributed by atoms with van der Waals surface area (Å²) in [5, 5.41) is 4.04. The highest BCUT2D eigenvalue weighted by Crippen LogP contribution is 2.21. The first kappa shape index (κ1) is 9.01. The van der Waals surface area contributed by atoms with Crippen LogP contribution in [0.5, 0.6) is 0 Å². The van der Waals surface area contributed by atoms with Crippen LogP contribution in [-0.4, -0.2) is 14.8 Å². The highest BCUT2D eigenvalue weighted by molar-refractivity contribution is 9.10. The number of hydrogen-bond donors (Lipinski definition) is 2. The molecule has 0 amide bonds. The van der Waals surface area contributed by atoms with E-state index in [1.54, 1.807) is 18.5 Å². The summed E-state index contributed by atoms with van der Waals surface area (Å²) in [6.07, 6.45) is 3.23. The molecule has 0 aliphatic rings. The second-order valence-corrected chi connectivity index (χ2v) is 3.64. The fourth-order valence-electron chi connectivity index (χ4n) is 1.12. The van der Waals surface area contributed by atoms with Crippen LogP contribution in [0.2, 0.25) is 0 Å². The van der Waals surface area contributed by atoms with E-state index >= 15 is 0 Å². The predicted molar refractivity (Wildman–Crippen MR) is 57.9 cm³/mol. The van der Waals surface area contributed by atoms with Crippen LogP contribution in [0.25, 0.3) is 5.69 Å². The molecule has 0 atom stereocenters. The van der Waals surface area contributed by atoms with Gasteiger partial charge in [-0.1, -0.05) is 0 Å². The van der Waals surface area contributed by atoms with Gasteiger partial charge in [0.15, 0.2) is 0 Å². The number of nitrogens with zero attached hydrogens (tertiary/aromatic N) is 3. The SMILES string of the molecule is Nc1ncc(Br)cc1-n1nccc1N. The highest BCUT2D eigenvalue weighted by Gasteiger charge is 2.06. The lowest BCUT2D eigenvalue weighted by atomic mass is 10.4. The van der Waals surface area contributed by atoms with Gasteiger partial charge in [0, 0.05) is 16.7 Å². The smallest absolute Gasteiger partial charge is 0.149 e. The maximum absolute atomic E-state index is 5.70. The Hall–Kier alpha value is -1.56. The van der Waals surface area contributed by atoms with E-state index in [0.29, 0.717) is 17.3 Å². The van der Waals surface area contributed by atoms with E-state index in [-0.39, 0.29) is 0 Å². The maximum atomic E-state index is 5.70. The largest absolute Gasteiger partial charge is 0.384 e. The fraction of sp³-hybridized carbons (Fsp3) is 0. The normalized spacial score (nSPS) is 10.4. The molecule has 2 aromatic heterocycles. The molecule has 0 bridgehead atoms. The van der Waals surface area contributed by atoms with Crippen LogP contribution in [0.15, 0.2) is 29.0 Å². The molecular weight excluding hydrogens is 246 g/mol. The molecule has 4 N–H and O–H groups in total. The van der Waals surface area contributed by atoms with E-state index in [9.17, 15) is 0 Å². The summed E-state index contributed by atoms with van der Waals surface area (Å²) in [5.74, 6) is 0.917. The number of anilines is 2. The molecule has 14 heavy (non-hydrogen) atoms. The molecule has 0 fully saturated rings. The Morgan fingerprint density at radius 3 is 2.79 bits per heavy atom. The second-order valence-electron chi connectivity index (χ2n) is 2.73. The lowest BCUT2D eigenvalue weighted by molar-refractivity contribution is 0.887. The molecule has 0 radical (unpaired) electrons. The molecule has 0 spiro atoms. The summed E-state index contributed by atoms with van der Waals surface area (Å²) in [6.45, 7) is 0. The zero-order valence-electron chi connectivity index (χ0n) is 7.18. The van der Waals surface area contributed by atoms with Crippen LogP contribution < -0.4 is 11.5 Å². The zero-order valence-corrected chi connectivity index (χ0v) is 8.77. The van der Waals surface area contributed by atoms with Crippen molar-refractivity contribution in [3.8, 4) is 5.69 Å². The highest BCUT2D eigenvalue weighted by atomic mass is 79.9. The third kappa shape index (κ3) is 1.44. The van der Waals surface area contributed by atoms with Crippen LogP contribution in [0, 0.1) is 0 Å². The minimum absolute atomic E-state index is 0.392. The Kier molecular flexibility index (Phi) is 2.12. The van der Waals surface area contributed by atoms with E-state index in [2.05, 4.69) is 26.0 Å². The lowest BCUT2D eigenvalue weighted by Crippen LogP contribution is -2.06. The Morgan fingerprint density at radius 2 is 2.14 bits per heavy atom. The summed E-state index contributed by atoms with van der Waals surface area (Å²) in [4.78, 5) is 3.99. The Balaban J connectivity index is 2.62. The summed E-state index contributed by atoms with van der Waals surface area (Å²) >= 11 is 3.31. The first-order valence-corrected chi connectivity index (χ1v) is 4.68. The first-order chi connectivity index (χ1) is 6.68. The quantitative estimate of drug-likeness (QED) is 0.800. The number of rotatable bonds is 1. The summed E-state index contributed by atoms with van der Waals surface area (Å²) in [6, 6.07) is 3.51. The van der Waals surface area contributed by atoms with Gasteiger partial charge in [-0.2, -0.15) is 5.10 Å². The molecule has 0 unspecified atom stereocenters. The van der Waals surface area contributed by atoms with Gasteiger partial charge in [0.05, 0.1) is 6.20 Å². The van der Waals surface area contributed by atoms with Gasteiger partial charge in [-0.3, -0.25) is 0 Å². The topological polar surface area (TPSA) is 82.8 Å². The first-order valence-electron chi connectivity index (χ1n) is 3.89. The number of hydrogen-bond acceptors (Lipinski definition) is 4. The van der Waals surface area contributed by atoms with E-state index in [4.69, 9.17) is 11.5 Å². The summed E-state index contributed by atoms with van der Waals surface area (Å²) in [7, 11) is 0. The molecule has 0 saturated heterocycles. The predicted octanol–water partition coefficient (Wildman–Crippen LogP) is 1.19. The zero-order chi connectivity index (χ0) is 10.1. The van der Waals surface area contributed by atoms with Gasteiger partial charge in [-0.05, 0) is 22.0 Å². The Bertz CT molecular complexity index is 465.